The van der Waals surface area contributed by atoms with Crippen LogP contribution in [0.2, 0.25) is 0 Å². The van der Waals surface area contributed by atoms with E-state index in [-0.39, 0.29) is 11.1 Å². The third-order valence-electron chi connectivity index (χ3n) is 2.65. The van der Waals surface area contributed by atoms with Gasteiger partial charge in [0.05, 0.1) is 0 Å². The molecule has 0 aliphatic carbocycles. The molecule has 0 fully saturated rings. The predicted molar refractivity (Wildman–Crippen MR) is 117 cm³/mol. The average molecular weight is 604 g/mol. The van der Waals surface area contributed by atoms with Crippen molar-refractivity contribution in [1.29, 1.82) is 0 Å². The Morgan fingerprint density at radius 2 is 1.00 bits per heavy atom. The van der Waals surface area contributed by atoms with Crippen molar-refractivity contribution in [2.75, 3.05) is 0 Å². The van der Waals surface area contributed by atoms with Gasteiger partial charge in [-0.2, -0.15) is 0 Å². The minimum atomic E-state index is 0.00365. The molecule has 0 unspecified atom stereocenters. The van der Waals surface area contributed by atoms with Crippen molar-refractivity contribution in [2.45, 2.75) is 52.6 Å². The van der Waals surface area contributed by atoms with Gasteiger partial charge < -0.3 is 9.98 Å². The van der Waals surface area contributed by atoms with E-state index < -0.39 is 0 Å². The van der Waals surface area contributed by atoms with E-state index in [9.17, 15) is 0 Å². The van der Waals surface area contributed by atoms with Gasteiger partial charge in [-0.3, -0.25) is 0 Å². The Kier molecular flexibility index (Phi) is 18.7. The summed E-state index contributed by atoms with van der Waals surface area (Å²) in [5.74, 6) is 0. The van der Waals surface area contributed by atoms with Crippen LogP contribution in [0.25, 0.3) is 0 Å². The average Bonchev–Trinajstić information content (AvgIpc) is 2.69. The Bertz CT molecular complexity index is 588. The van der Waals surface area contributed by atoms with Crippen LogP contribution in [0.3, 0.4) is 0 Å². The summed E-state index contributed by atoms with van der Waals surface area (Å²) in [6, 6.07) is 21.8. The standard InChI is InChI=1S/2C11H14N.2ClH.2Pd/c2*1-11(2,3)12-9-10-7-5-4-6-8-10;;;;/h2*4-7,9H,1-3H3;2*1H;;/q2*-1;;;2*+2/p-2. The maximum atomic E-state index is 4.49. The molecule has 0 spiro atoms. The van der Waals surface area contributed by atoms with Gasteiger partial charge >= 0.3 is 55.4 Å². The predicted octanol–water partition coefficient (Wildman–Crippen LogP) is 6.78. The fraction of sp³-hybridized carbons (Fsp3) is 0.364. The van der Waals surface area contributed by atoms with Gasteiger partial charge in [-0.15, -0.1) is 71.8 Å². The summed E-state index contributed by atoms with van der Waals surface area (Å²) >= 11 is 4.44. The first-order valence-electron chi connectivity index (χ1n) is 8.43. The molecule has 28 heavy (non-hydrogen) atoms. The van der Waals surface area contributed by atoms with Crippen LogP contribution in [0, 0.1) is 12.1 Å². The third kappa shape index (κ3) is 20.4. The molecular formula is C22H28Cl2N2Pd2. The molecule has 2 rings (SSSR count). The summed E-state index contributed by atoms with van der Waals surface area (Å²) in [6.07, 6.45) is 3.72. The zero-order chi connectivity index (χ0) is 22.1. The Balaban J connectivity index is 0. The number of benzene rings is 2. The second-order valence-corrected chi connectivity index (χ2v) is 7.49. The topological polar surface area (TPSA) is 24.7 Å². The molecule has 0 bridgehead atoms. The first-order valence-corrected chi connectivity index (χ1v) is 12.4. The monoisotopic (exact) mass is 602 g/mol. The normalized spacial score (nSPS) is 11.0. The molecule has 2 nitrogen and oxygen atoms in total. The maximum absolute atomic E-state index is 4.49. The molecule has 0 N–H and O–H groups in total. The molecule has 0 heterocycles. The van der Waals surface area contributed by atoms with Crippen LogP contribution >= 0.6 is 19.1 Å². The van der Waals surface area contributed by atoms with E-state index in [1.54, 1.807) is 0 Å². The minimum absolute atomic E-state index is 0.00365. The first-order chi connectivity index (χ1) is 13.2. The Labute approximate surface area is 201 Å². The Hall–Kier alpha value is -0.315. The van der Waals surface area contributed by atoms with E-state index >= 15 is 0 Å². The van der Waals surface area contributed by atoms with Gasteiger partial charge in [0.15, 0.2) is 0 Å². The Morgan fingerprint density at radius 3 is 1.21 bits per heavy atom. The zero-order valence-corrected chi connectivity index (χ0v) is 21.7. The van der Waals surface area contributed by atoms with Crippen LogP contribution in [-0.2, 0) is 36.4 Å². The van der Waals surface area contributed by atoms with Crippen LogP contribution in [-0.4, -0.2) is 23.5 Å². The van der Waals surface area contributed by atoms with Crippen LogP contribution in [0.5, 0.6) is 0 Å². The van der Waals surface area contributed by atoms with Crippen LogP contribution in [0.4, 0.5) is 0 Å². The summed E-state index contributed by atoms with van der Waals surface area (Å²) in [7, 11) is 8.98. The molecule has 6 heteroatoms. The molecule has 0 aliphatic heterocycles. The van der Waals surface area contributed by atoms with E-state index in [1.165, 1.54) is 0 Å². The molecule has 0 saturated carbocycles. The van der Waals surface area contributed by atoms with Crippen molar-refractivity contribution >= 4 is 31.5 Å². The van der Waals surface area contributed by atoms with Crippen LogP contribution in [0.15, 0.2) is 58.5 Å². The van der Waals surface area contributed by atoms with Gasteiger partial charge in [-0.25, -0.2) is 0 Å². The third-order valence-corrected chi connectivity index (χ3v) is 2.65. The molecule has 0 radical (unpaired) electrons. The van der Waals surface area contributed by atoms with E-state index in [4.69, 9.17) is 0 Å². The van der Waals surface area contributed by atoms with Crippen molar-refractivity contribution in [3.63, 3.8) is 0 Å². The van der Waals surface area contributed by atoms with E-state index in [1.807, 2.05) is 61.0 Å². The molecule has 2 aromatic rings. The van der Waals surface area contributed by atoms with Crippen molar-refractivity contribution in [1.82, 2.24) is 0 Å². The van der Waals surface area contributed by atoms with Gasteiger partial charge in [-0.1, -0.05) is 12.4 Å². The quantitative estimate of drug-likeness (QED) is 0.205. The van der Waals surface area contributed by atoms with Crippen molar-refractivity contribution in [3.8, 4) is 0 Å². The van der Waals surface area contributed by atoms with E-state index in [2.05, 4.69) is 119 Å². The number of hydrogen-bond donors (Lipinski definition) is 0. The van der Waals surface area contributed by atoms with Crippen molar-refractivity contribution < 1.29 is 36.4 Å². The fourth-order valence-electron chi connectivity index (χ4n) is 1.50. The molecule has 0 aromatic heterocycles. The molecule has 0 saturated heterocycles. The summed E-state index contributed by atoms with van der Waals surface area (Å²) in [6.45, 7) is 12.5. The fourth-order valence-corrected chi connectivity index (χ4v) is 1.50. The van der Waals surface area contributed by atoms with Gasteiger partial charge in [0.1, 0.15) is 0 Å². The molecule has 160 valence electrons. The zero-order valence-electron chi connectivity index (χ0n) is 17.1. The summed E-state index contributed by atoms with van der Waals surface area (Å²) in [5.41, 5.74) is 2.08. The molecular weight excluding hydrogens is 576 g/mol. The van der Waals surface area contributed by atoms with Crippen LogP contribution < -0.4 is 0 Å². The first kappa shape index (κ1) is 29.9. The van der Waals surface area contributed by atoms with Crippen molar-refractivity contribution in [3.05, 3.63) is 71.8 Å². The Morgan fingerprint density at radius 1 is 0.679 bits per heavy atom. The molecule has 0 amide bonds. The second-order valence-electron chi connectivity index (χ2n) is 7.49. The van der Waals surface area contributed by atoms with Gasteiger partial charge in [0.25, 0.3) is 0 Å². The molecule has 0 aliphatic rings. The van der Waals surface area contributed by atoms with Crippen LogP contribution in [0.1, 0.15) is 52.7 Å². The SMILES string of the molecule is CC(C)(C)N=Cc1[c-]cccc1.CC(C)(C)N=Cc1[c-]cccc1.[Cl][Pd+].[Cl][Pd+]. The number of hydrogen-bond acceptors (Lipinski definition) is 2. The summed E-state index contributed by atoms with van der Waals surface area (Å²) in [5, 5.41) is 0. The van der Waals surface area contributed by atoms with E-state index in [0.717, 1.165) is 11.1 Å². The summed E-state index contributed by atoms with van der Waals surface area (Å²) in [4.78, 5) is 8.74. The van der Waals surface area contributed by atoms with Gasteiger partial charge in [-0.05, 0) is 41.5 Å². The van der Waals surface area contributed by atoms with Crippen molar-refractivity contribution in [2.24, 2.45) is 9.98 Å². The van der Waals surface area contributed by atoms with Gasteiger partial charge in [0.2, 0.25) is 0 Å². The number of nitrogens with zero attached hydrogens (tertiary/aromatic N) is 2. The van der Waals surface area contributed by atoms with Gasteiger partial charge in [0, 0.05) is 11.1 Å². The second kappa shape index (κ2) is 17.5. The molecule has 2 aromatic carbocycles. The summed E-state index contributed by atoms with van der Waals surface area (Å²) < 4.78 is 0. The number of rotatable bonds is 2. The number of aliphatic imine (C=N–C) groups is 2. The van der Waals surface area contributed by atoms with E-state index in [0.29, 0.717) is 0 Å². The number of halogens is 2. The molecule has 0 atom stereocenters.